The fourth-order valence-electron chi connectivity index (χ4n) is 15.4. The number of hydrogen-bond acceptors (Lipinski definition) is 7. The van der Waals surface area contributed by atoms with Crippen molar-refractivity contribution >= 4 is 21.4 Å². The third-order valence-electron chi connectivity index (χ3n) is 18.9. The number of ether oxygens (including phenoxy) is 1. The minimum Gasteiger partial charge on any atom is -0.481 e. The fraction of sp³-hybridized carbons (Fsp3) is 0.792. The molecule has 0 amide bonds. The Kier molecular flexibility index (Phi) is 10.8. The smallest absolute Gasteiger partial charge is 0.313 e. The lowest BCUT2D eigenvalue weighted by Gasteiger charge is -2.72. The van der Waals surface area contributed by atoms with E-state index in [9.17, 15) is 14.1 Å². The van der Waals surface area contributed by atoms with Gasteiger partial charge in [-0.25, -0.2) is 4.68 Å². The van der Waals surface area contributed by atoms with Gasteiger partial charge in [0.25, 0.3) is 0 Å². The van der Waals surface area contributed by atoms with Crippen molar-refractivity contribution in [2.45, 2.75) is 138 Å². The molecule has 1 saturated heterocycles. The minimum atomic E-state index is -1.87. The van der Waals surface area contributed by atoms with Crippen LogP contribution in [0.15, 0.2) is 41.6 Å². The highest BCUT2D eigenvalue weighted by Crippen LogP contribution is 2.76. The minimum absolute atomic E-state index is 0.0115. The number of aliphatic carboxylic acids is 1. The molecule has 0 aromatic carbocycles. The van der Waals surface area contributed by atoms with Crippen molar-refractivity contribution < 1.29 is 18.8 Å². The number of hydrogen-bond donors (Lipinski definition) is 2. The van der Waals surface area contributed by atoms with Gasteiger partial charge < -0.3 is 20.1 Å². The second-order valence-electron chi connectivity index (χ2n) is 21.7. The normalized spacial score (nSPS) is 41.9. The fourth-order valence-corrected chi connectivity index (χ4v) is 16.8. The summed E-state index contributed by atoms with van der Waals surface area (Å²) < 4.78 is 20.3. The number of fused-ring (bicyclic) bond motifs is 7. The van der Waals surface area contributed by atoms with Gasteiger partial charge in [0.1, 0.15) is 18.2 Å². The van der Waals surface area contributed by atoms with Crippen LogP contribution in [-0.2, 0) is 20.9 Å². The molecule has 2 heterocycles. The second-order valence-corrected chi connectivity index (χ2v) is 24.5. The van der Waals surface area contributed by atoms with Gasteiger partial charge in [-0.15, -0.1) is 5.10 Å². The van der Waals surface area contributed by atoms with E-state index in [1.807, 2.05) is 6.92 Å². The van der Waals surface area contributed by atoms with E-state index in [1.165, 1.54) is 68.1 Å². The van der Waals surface area contributed by atoms with E-state index in [4.69, 9.17) is 4.74 Å². The molecular formula is C48H75N5O4S. The molecule has 1 unspecified atom stereocenters. The Hall–Kier alpha value is -2.43. The van der Waals surface area contributed by atoms with Crippen LogP contribution in [0.1, 0.15) is 126 Å². The van der Waals surface area contributed by atoms with E-state index in [1.54, 1.807) is 10.9 Å². The highest BCUT2D eigenvalue weighted by atomic mass is 32.2. The summed E-state index contributed by atoms with van der Waals surface area (Å²) in [6.07, 6.45) is 19.6. The molecule has 4 saturated carbocycles. The summed E-state index contributed by atoms with van der Waals surface area (Å²) in [7, 11) is -1.87. The first kappa shape index (κ1) is 42.3. The van der Waals surface area contributed by atoms with Crippen molar-refractivity contribution in [3.63, 3.8) is 0 Å². The summed E-state index contributed by atoms with van der Waals surface area (Å²) in [6.45, 7) is 26.7. The van der Waals surface area contributed by atoms with Crippen LogP contribution in [0.25, 0.3) is 0 Å². The molecule has 0 radical (unpaired) electrons. The number of nitrogens with one attached hydrogen (secondary N) is 1. The maximum absolute atomic E-state index is 12.8. The van der Waals surface area contributed by atoms with Gasteiger partial charge in [-0.05, 0) is 169 Å². The first-order chi connectivity index (χ1) is 27.3. The van der Waals surface area contributed by atoms with Crippen molar-refractivity contribution in [3.8, 4) is 5.88 Å². The molecule has 7 aliphatic rings. The average molecular weight is 818 g/mol. The maximum Gasteiger partial charge on any atom is 0.313 e. The van der Waals surface area contributed by atoms with Gasteiger partial charge in [0.05, 0.1) is 0 Å². The van der Waals surface area contributed by atoms with Gasteiger partial charge in [0.15, 0.2) is 0 Å². The molecule has 10 atom stereocenters. The standard InChI is InChI=1S/C48H75N5O4S/c1-10-53-40(31-50-51-53)57-32-47(42(54)55)20-13-34(14-21-47)36-16-18-44(6)38(43(36,4)5)17-19-46(8)39(44)12-11-37-41-35(33(2)3)15-22-48(41,24-23-45(37,46)7)49-25-26-52-27-29-58(9,56)30-28-52/h13,16,31,35,37-39,41,49H,2,9-12,14-15,17-30,32H2,1,3-8H3,(H,54,55)/t35-,37+,38-,39+,41+,44-,45+,46+,47?,48-/m0/s1. The van der Waals surface area contributed by atoms with Gasteiger partial charge in [-0.1, -0.05) is 64.1 Å². The molecule has 0 spiro atoms. The van der Waals surface area contributed by atoms with Gasteiger partial charge in [0, 0.05) is 49.8 Å². The van der Waals surface area contributed by atoms with Crippen LogP contribution in [0.5, 0.6) is 5.88 Å². The molecule has 322 valence electrons. The van der Waals surface area contributed by atoms with Gasteiger partial charge in [-0.2, -0.15) is 0 Å². The van der Waals surface area contributed by atoms with E-state index < -0.39 is 20.9 Å². The van der Waals surface area contributed by atoms with E-state index in [-0.39, 0.29) is 33.8 Å². The van der Waals surface area contributed by atoms with Crippen molar-refractivity contribution in [1.82, 2.24) is 25.2 Å². The van der Waals surface area contributed by atoms with Crippen LogP contribution in [0.4, 0.5) is 0 Å². The molecule has 2 N–H and O–H groups in total. The van der Waals surface area contributed by atoms with Crippen molar-refractivity contribution in [2.24, 2.45) is 56.7 Å². The highest BCUT2D eigenvalue weighted by Gasteiger charge is 2.70. The van der Waals surface area contributed by atoms with Gasteiger partial charge in [-0.3, -0.25) is 9.00 Å². The number of carboxylic acid groups (broad SMARTS) is 1. The first-order valence-electron chi connectivity index (χ1n) is 22.9. The van der Waals surface area contributed by atoms with E-state index in [0.29, 0.717) is 54.9 Å². The topological polar surface area (TPSA) is 110 Å². The Morgan fingerprint density at radius 2 is 1.74 bits per heavy atom. The number of carboxylic acids is 1. The highest BCUT2D eigenvalue weighted by molar-refractivity contribution is 8.00. The molecule has 6 aliphatic carbocycles. The number of nitrogens with zero attached hydrogens (tertiary/aromatic N) is 4. The van der Waals surface area contributed by atoms with Gasteiger partial charge in [0.2, 0.25) is 5.88 Å². The zero-order valence-corrected chi connectivity index (χ0v) is 37.9. The molecule has 0 bridgehead atoms. The monoisotopic (exact) mass is 818 g/mol. The SMILES string of the molecule is C=C(C)[C@@H]1CC[C@]2(NCCN3CCS(=C)(=O)CC3)CC[C@]3(C)[C@H](CC[C@@H]4[C@@]5(C)CC=C(C6=CCC(COc7cnnn7CC)(C(=O)O)CC6)C(C)(C)[C@@H]5CC[C@]43C)[C@@H]12. The number of carbonyl (C=O) groups is 1. The Morgan fingerprint density at radius 3 is 2.41 bits per heavy atom. The summed E-state index contributed by atoms with van der Waals surface area (Å²) in [6, 6.07) is 0. The van der Waals surface area contributed by atoms with E-state index in [0.717, 1.165) is 50.5 Å². The van der Waals surface area contributed by atoms with Crippen LogP contribution in [-0.4, -0.2) is 90.9 Å². The molecule has 58 heavy (non-hydrogen) atoms. The van der Waals surface area contributed by atoms with Crippen LogP contribution in [0, 0.1) is 56.7 Å². The predicted molar refractivity (Wildman–Crippen MR) is 235 cm³/mol. The third-order valence-corrected chi connectivity index (χ3v) is 20.8. The Balaban J connectivity index is 1.01. The molecular weight excluding hydrogens is 743 g/mol. The Morgan fingerprint density at radius 1 is 0.983 bits per heavy atom. The third kappa shape index (κ3) is 6.62. The number of rotatable bonds is 11. The Bertz CT molecular complexity index is 1940. The maximum atomic E-state index is 12.8. The van der Waals surface area contributed by atoms with Crippen LogP contribution in [0.2, 0.25) is 0 Å². The van der Waals surface area contributed by atoms with Crippen LogP contribution < -0.4 is 10.1 Å². The lowest BCUT2D eigenvalue weighted by Crippen LogP contribution is -2.68. The zero-order chi connectivity index (χ0) is 41.5. The quantitative estimate of drug-likeness (QED) is 0.169. The first-order valence-corrected chi connectivity index (χ1v) is 25.0. The van der Waals surface area contributed by atoms with Crippen molar-refractivity contribution in [2.75, 3.05) is 44.3 Å². The van der Waals surface area contributed by atoms with Crippen molar-refractivity contribution in [3.05, 3.63) is 41.6 Å². The summed E-state index contributed by atoms with van der Waals surface area (Å²) in [4.78, 5) is 15.3. The average Bonchev–Trinajstić information content (AvgIpc) is 3.80. The summed E-state index contributed by atoms with van der Waals surface area (Å²) in [5.74, 6) is 8.38. The lowest BCUT2D eigenvalue weighted by atomic mass is 9.33. The summed E-state index contributed by atoms with van der Waals surface area (Å²) in [5.41, 5.74) is 4.25. The van der Waals surface area contributed by atoms with E-state index >= 15 is 0 Å². The molecule has 5 fully saturated rings. The van der Waals surface area contributed by atoms with Crippen molar-refractivity contribution in [1.29, 1.82) is 0 Å². The summed E-state index contributed by atoms with van der Waals surface area (Å²) >= 11 is 0. The molecule has 10 heteroatoms. The van der Waals surface area contributed by atoms with E-state index in [2.05, 4.69) is 86.7 Å². The molecule has 9 nitrogen and oxygen atoms in total. The molecule has 1 aliphatic heterocycles. The number of aryl methyl sites for hydroxylation is 1. The zero-order valence-electron chi connectivity index (χ0n) is 37.0. The Labute approximate surface area is 350 Å². The molecule has 1 aromatic heterocycles. The summed E-state index contributed by atoms with van der Waals surface area (Å²) in [5, 5.41) is 22.8. The van der Waals surface area contributed by atoms with Crippen LogP contribution >= 0.6 is 0 Å². The number of aromatic nitrogens is 3. The van der Waals surface area contributed by atoms with Crippen LogP contribution in [0.3, 0.4) is 0 Å². The lowest BCUT2D eigenvalue weighted by molar-refractivity contribution is -0.221. The molecule has 8 rings (SSSR count). The number of allylic oxidation sites excluding steroid dienone is 5. The molecule has 1 aromatic rings. The second kappa shape index (κ2) is 14.9. The predicted octanol–water partition coefficient (Wildman–Crippen LogP) is 8.43. The van der Waals surface area contributed by atoms with Gasteiger partial charge >= 0.3 is 5.97 Å². The largest absolute Gasteiger partial charge is 0.481 e.